The summed E-state index contributed by atoms with van der Waals surface area (Å²) in [5, 5.41) is 16.0. The van der Waals surface area contributed by atoms with Crippen LogP contribution in [0.4, 0.5) is 5.82 Å². The maximum atomic E-state index is 12.3. The lowest BCUT2D eigenvalue weighted by molar-refractivity contribution is 0.0976. The van der Waals surface area contributed by atoms with Gasteiger partial charge >= 0.3 is 0 Å². The zero-order valence-electron chi connectivity index (χ0n) is 14.7. The largest absolute Gasteiger partial charge is 0.475 e. The highest BCUT2D eigenvalue weighted by molar-refractivity contribution is 6.09. The van der Waals surface area contributed by atoms with E-state index in [1.165, 1.54) is 12.1 Å². The number of methoxy groups -OCH3 is 2. The van der Waals surface area contributed by atoms with E-state index in [1.807, 2.05) is 0 Å². The van der Waals surface area contributed by atoms with Crippen molar-refractivity contribution in [1.82, 2.24) is 15.6 Å². The van der Waals surface area contributed by atoms with Crippen LogP contribution in [0.25, 0.3) is 0 Å². The van der Waals surface area contributed by atoms with Crippen LogP contribution in [-0.2, 0) is 9.47 Å². The number of carbonyl (C=O) groups excluding carboxylic acids is 1. The predicted octanol–water partition coefficient (Wildman–Crippen LogP) is 0.605. The third kappa shape index (κ3) is 8.13. The fourth-order valence-electron chi connectivity index (χ4n) is 1.71. The van der Waals surface area contributed by atoms with Gasteiger partial charge in [-0.05, 0) is 18.3 Å². The van der Waals surface area contributed by atoms with E-state index >= 15 is 0 Å². The highest BCUT2D eigenvalue weighted by Crippen LogP contribution is 2.16. The summed E-state index contributed by atoms with van der Waals surface area (Å²) < 4.78 is 15.4. The quantitative estimate of drug-likeness (QED) is 0.262. The summed E-state index contributed by atoms with van der Waals surface area (Å²) in [7, 11) is 4.88. The van der Waals surface area contributed by atoms with Gasteiger partial charge in [-0.25, -0.2) is 0 Å². The Hall–Kier alpha value is -2.65. The molecule has 0 aliphatic carbocycles. The molecule has 9 nitrogen and oxygen atoms in total. The van der Waals surface area contributed by atoms with Crippen LogP contribution in [0.1, 0.15) is 10.4 Å². The summed E-state index contributed by atoms with van der Waals surface area (Å²) in [6, 6.07) is 3.10. The Morgan fingerprint density at radius 2 is 2.00 bits per heavy atom. The first-order valence-corrected chi connectivity index (χ1v) is 7.71. The van der Waals surface area contributed by atoms with Gasteiger partial charge in [0.05, 0.1) is 13.2 Å². The highest BCUT2D eigenvalue weighted by atomic mass is 16.5. The SMILES string of the molecule is CN/C=C\C(=N)NC(=O)c1cc(NCCOC)nc(OCCOC)c1. The third-order valence-corrected chi connectivity index (χ3v) is 2.88. The topological polar surface area (TPSA) is 118 Å². The van der Waals surface area contributed by atoms with E-state index in [0.29, 0.717) is 43.6 Å². The lowest BCUT2D eigenvalue weighted by Crippen LogP contribution is -2.29. The second kappa shape index (κ2) is 11.8. The maximum Gasteiger partial charge on any atom is 0.257 e. The first-order valence-electron chi connectivity index (χ1n) is 7.71. The second-order valence-corrected chi connectivity index (χ2v) is 4.83. The van der Waals surface area contributed by atoms with Crippen LogP contribution in [0.3, 0.4) is 0 Å². The summed E-state index contributed by atoms with van der Waals surface area (Å²) in [5.41, 5.74) is 0.324. The lowest BCUT2D eigenvalue weighted by atomic mass is 10.2. The van der Waals surface area contributed by atoms with Crippen LogP contribution in [-0.4, -0.2) is 64.4 Å². The Morgan fingerprint density at radius 3 is 2.68 bits per heavy atom. The van der Waals surface area contributed by atoms with E-state index in [9.17, 15) is 4.79 Å². The van der Waals surface area contributed by atoms with Crippen LogP contribution in [0.5, 0.6) is 5.88 Å². The average Bonchev–Trinajstić information content (AvgIpc) is 2.60. The van der Waals surface area contributed by atoms with Crippen LogP contribution in [0.2, 0.25) is 0 Å². The van der Waals surface area contributed by atoms with Gasteiger partial charge in [0.25, 0.3) is 5.91 Å². The summed E-state index contributed by atoms with van der Waals surface area (Å²) in [6.45, 7) is 1.75. The number of amides is 1. The third-order valence-electron chi connectivity index (χ3n) is 2.88. The first kappa shape index (κ1) is 20.4. The molecule has 0 spiro atoms. The number of hydrogen-bond acceptors (Lipinski definition) is 8. The van der Waals surface area contributed by atoms with Crippen molar-refractivity contribution < 1.29 is 19.0 Å². The molecule has 1 aromatic rings. The summed E-state index contributed by atoms with van der Waals surface area (Å²) in [4.78, 5) is 16.6. The molecule has 0 aromatic carbocycles. The van der Waals surface area contributed by atoms with Gasteiger partial charge in [0.1, 0.15) is 18.3 Å². The number of nitrogens with one attached hydrogen (secondary N) is 4. The highest BCUT2D eigenvalue weighted by Gasteiger charge is 2.12. The van der Waals surface area contributed by atoms with Gasteiger partial charge in [-0.1, -0.05) is 0 Å². The molecular formula is C16H25N5O4. The molecule has 4 N–H and O–H groups in total. The minimum atomic E-state index is -0.431. The van der Waals surface area contributed by atoms with E-state index in [-0.39, 0.29) is 5.84 Å². The van der Waals surface area contributed by atoms with Crippen molar-refractivity contribution in [2.75, 3.05) is 52.9 Å². The van der Waals surface area contributed by atoms with Gasteiger partial charge in [-0.15, -0.1) is 0 Å². The Bertz CT molecular complexity index is 564. The number of carbonyl (C=O) groups is 1. The molecule has 138 valence electrons. The Kier molecular flexibility index (Phi) is 9.64. The molecule has 1 heterocycles. The number of ether oxygens (including phenoxy) is 3. The molecule has 0 fully saturated rings. The van der Waals surface area contributed by atoms with E-state index in [2.05, 4.69) is 20.9 Å². The minimum Gasteiger partial charge on any atom is -0.475 e. The number of nitrogens with zero attached hydrogens (tertiary/aromatic N) is 1. The van der Waals surface area contributed by atoms with Crippen LogP contribution in [0.15, 0.2) is 24.4 Å². The number of rotatable bonds is 11. The Balaban J connectivity index is 2.88. The smallest absolute Gasteiger partial charge is 0.257 e. The molecule has 0 aliphatic heterocycles. The second-order valence-electron chi connectivity index (χ2n) is 4.83. The molecule has 0 radical (unpaired) electrons. The number of pyridine rings is 1. The lowest BCUT2D eigenvalue weighted by Gasteiger charge is -2.11. The molecule has 0 unspecified atom stereocenters. The van der Waals surface area contributed by atoms with Crippen molar-refractivity contribution >= 4 is 17.6 Å². The minimum absolute atomic E-state index is 0.0353. The van der Waals surface area contributed by atoms with E-state index in [0.717, 1.165) is 0 Å². The summed E-state index contributed by atoms with van der Waals surface area (Å²) >= 11 is 0. The fourth-order valence-corrected chi connectivity index (χ4v) is 1.71. The molecule has 0 saturated carbocycles. The maximum absolute atomic E-state index is 12.3. The summed E-state index contributed by atoms with van der Waals surface area (Å²) in [6.07, 6.45) is 2.99. The Labute approximate surface area is 147 Å². The summed E-state index contributed by atoms with van der Waals surface area (Å²) in [5.74, 6) is 0.308. The van der Waals surface area contributed by atoms with Gasteiger partial charge in [0, 0.05) is 39.4 Å². The molecule has 1 amide bonds. The van der Waals surface area contributed by atoms with Gasteiger partial charge < -0.3 is 30.2 Å². The Morgan fingerprint density at radius 1 is 1.24 bits per heavy atom. The first-order chi connectivity index (χ1) is 12.1. The van der Waals surface area contributed by atoms with Crippen molar-refractivity contribution in [2.24, 2.45) is 0 Å². The molecule has 25 heavy (non-hydrogen) atoms. The number of hydrogen-bond donors (Lipinski definition) is 4. The monoisotopic (exact) mass is 351 g/mol. The van der Waals surface area contributed by atoms with Gasteiger partial charge in [0.15, 0.2) is 0 Å². The molecule has 0 atom stereocenters. The fraction of sp³-hybridized carbons (Fsp3) is 0.438. The molecule has 0 aliphatic rings. The zero-order valence-corrected chi connectivity index (χ0v) is 14.7. The van der Waals surface area contributed by atoms with E-state index in [4.69, 9.17) is 19.6 Å². The van der Waals surface area contributed by atoms with Crippen molar-refractivity contribution in [3.8, 4) is 5.88 Å². The predicted molar refractivity (Wildman–Crippen MR) is 95.4 cm³/mol. The molecular weight excluding hydrogens is 326 g/mol. The number of anilines is 1. The molecule has 1 aromatic heterocycles. The molecule has 1 rings (SSSR count). The van der Waals surface area contributed by atoms with Crippen molar-refractivity contribution in [1.29, 1.82) is 5.41 Å². The zero-order chi connectivity index (χ0) is 18.5. The van der Waals surface area contributed by atoms with Crippen LogP contribution in [0, 0.1) is 5.41 Å². The van der Waals surface area contributed by atoms with Crippen molar-refractivity contribution in [3.05, 3.63) is 30.0 Å². The normalized spacial score (nSPS) is 10.5. The molecule has 0 saturated heterocycles. The van der Waals surface area contributed by atoms with E-state index < -0.39 is 5.91 Å². The molecule has 0 bridgehead atoms. The van der Waals surface area contributed by atoms with Crippen LogP contribution >= 0.6 is 0 Å². The van der Waals surface area contributed by atoms with E-state index in [1.54, 1.807) is 33.5 Å². The van der Waals surface area contributed by atoms with Gasteiger partial charge in [-0.2, -0.15) is 4.98 Å². The standard InChI is InChI=1S/C16H25N5O4/c1-18-5-4-13(17)20-16(22)12-10-14(19-6-7-23-2)21-15(11-12)25-9-8-24-3/h4-5,10-11,18H,6-9H2,1-3H3,(H,19,21)(H2,17,20,22)/b5-4-. The van der Waals surface area contributed by atoms with Gasteiger partial charge in [-0.3, -0.25) is 10.2 Å². The van der Waals surface area contributed by atoms with Crippen molar-refractivity contribution in [2.45, 2.75) is 0 Å². The average molecular weight is 351 g/mol. The van der Waals surface area contributed by atoms with Crippen molar-refractivity contribution in [3.63, 3.8) is 0 Å². The number of amidine groups is 1. The number of aromatic nitrogens is 1. The van der Waals surface area contributed by atoms with Gasteiger partial charge in [0.2, 0.25) is 5.88 Å². The molecule has 9 heteroatoms. The van der Waals surface area contributed by atoms with Crippen LogP contribution < -0.4 is 20.7 Å².